The van der Waals surface area contributed by atoms with Crippen LogP contribution in [0, 0.1) is 0 Å². The summed E-state index contributed by atoms with van der Waals surface area (Å²) >= 11 is 5.66. The molecule has 2 N–H and O–H groups in total. The number of aliphatic hydroxyl groups is 1. The molecular weight excluding hydrogens is 208 g/mol. The van der Waals surface area contributed by atoms with Crippen molar-refractivity contribution in [3.05, 3.63) is 23.4 Å². The Balaban J connectivity index is 2.47. The smallest absolute Gasteiger partial charge is 0.412 e. The number of ether oxygens (including phenoxy) is 1. The van der Waals surface area contributed by atoms with E-state index in [-0.39, 0.29) is 13.2 Å². The fourth-order valence-electron chi connectivity index (χ4n) is 0.752. The van der Waals surface area contributed by atoms with Crippen LogP contribution in [0.1, 0.15) is 0 Å². The number of hydrogen-bond acceptors (Lipinski definition) is 4. The normalized spacial score (nSPS) is 9.57. The average molecular weight is 217 g/mol. The molecular formula is C8H9ClN2O3. The molecule has 6 heteroatoms. The molecule has 0 aliphatic rings. The summed E-state index contributed by atoms with van der Waals surface area (Å²) in [4.78, 5) is 14.8. The molecule has 0 spiro atoms. The zero-order chi connectivity index (χ0) is 10.4. The molecule has 5 nitrogen and oxygen atoms in total. The first-order valence-corrected chi connectivity index (χ1v) is 4.26. The summed E-state index contributed by atoms with van der Waals surface area (Å²) in [7, 11) is 0. The van der Waals surface area contributed by atoms with Crippen LogP contribution >= 0.6 is 11.6 Å². The van der Waals surface area contributed by atoms with Crippen molar-refractivity contribution in [3.8, 4) is 0 Å². The predicted molar refractivity (Wildman–Crippen MR) is 51.3 cm³/mol. The summed E-state index contributed by atoms with van der Waals surface area (Å²) < 4.78 is 4.55. The van der Waals surface area contributed by atoms with Gasteiger partial charge in [0.05, 0.1) is 6.61 Å². The summed E-state index contributed by atoms with van der Waals surface area (Å²) in [6, 6.07) is 3.08. The van der Waals surface area contributed by atoms with Crippen LogP contribution in [0.15, 0.2) is 18.3 Å². The van der Waals surface area contributed by atoms with E-state index in [1.54, 1.807) is 6.07 Å². The van der Waals surface area contributed by atoms with Crippen molar-refractivity contribution >= 4 is 23.5 Å². The molecule has 0 atom stereocenters. The van der Waals surface area contributed by atoms with Crippen molar-refractivity contribution < 1.29 is 14.6 Å². The molecule has 0 bridgehead atoms. The molecule has 0 radical (unpaired) electrons. The molecule has 0 saturated heterocycles. The number of amides is 1. The highest BCUT2D eigenvalue weighted by atomic mass is 35.5. The second kappa shape index (κ2) is 5.41. The molecule has 1 heterocycles. The molecule has 14 heavy (non-hydrogen) atoms. The van der Waals surface area contributed by atoms with Gasteiger partial charge in [-0.2, -0.15) is 0 Å². The minimum atomic E-state index is -0.672. The van der Waals surface area contributed by atoms with Crippen LogP contribution < -0.4 is 5.32 Å². The van der Waals surface area contributed by atoms with E-state index in [1.807, 2.05) is 0 Å². The second-order valence-electron chi connectivity index (χ2n) is 2.34. The van der Waals surface area contributed by atoms with Crippen molar-refractivity contribution in [2.45, 2.75) is 0 Å². The van der Waals surface area contributed by atoms with Gasteiger partial charge in [-0.15, -0.1) is 0 Å². The number of halogens is 1. The van der Waals surface area contributed by atoms with E-state index < -0.39 is 6.09 Å². The zero-order valence-corrected chi connectivity index (χ0v) is 7.99. The van der Waals surface area contributed by atoms with Crippen LogP contribution in [-0.4, -0.2) is 29.4 Å². The highest BCUT2D eigenvalue weighted by Gasteiger charge is 2.03. The van der Waals surface area contributed by atoms with Gasteiger partial charge in [0, 0.05) is 11.2 Å². The first kappa shape index (κ1) is 10.7. The lowest BCUT2D eigenvalue weighted by molar-refractivity contribution is 0.131. The Bertz CT molecular complexity index is 319. The van der Waals surface area contributed by atoms with Crippen molar-refractivity contribution in [2.75, 3.05) is 18.5 Å². The Kier molecular flexibility index (Phi) is 4.15. The molecule has 0 saturated carbocycles. The maximum Gasteiger partial charge on any atom is 0.412 e. The number of carbonyl (C=O) groups excluding carboxylic acids is 1. The summed E-state index contributed by atoms with van der Waals surface area (Å²) in [5, 5.41) is 11.2. The molecule has 0 unspecified atom stereocenters. The van der Waals surface area contributed by atoms with Gasteiger partial charge in [0.2, 0.25) is 0 Å². The van der Waals surface area contributed by atoms with Crippen LogP contribution in [0.3, 0.4) is 0 Å². The fraction of sp³-hybridized carbons (Fsp3) is 0.250. The lowest BCUT2D eigenvalue weighted by atomic mass is 10.4. The molecule has 1 amide bonds. The molecule has 76 valence electrons. The topological polar surface area (TPSA) is 71.5 Å². The number of rotatable bonds is 3. The van der Waals surface area contributed by atoms with Gasteiger partial charge in [-0.25, -0.2) is 9.78 Å². The standard InChI is InChI=1S/C8H9ClN2O3/c9-6-1-2-10-7(5-6)11-8(13)14-4-3-12/h1-2,5,12H,3-4H2,(H,10,11,13). The van der Waals surface area contributed by atoms with Crippen LogP contribution in [0.4, 0.5) is 10.6 Å². The van der Waals surface area contributed by atoms with Crippen LogP contribution in [0.5, 0.6) is 0 Å². The summed E-state index contributed by atoms with van der Waals surface area (Å²) in [5.41, 5.74) is 0. The van der Waals surface area contributed by atoms with Gasteiger partial charge in [0.1, 0.15) is 12.4 Å². The Morgan fingerprint density at radius 2 is 2.50 bits per heavy atom. The number of aromatic nitrogens is 1. The second-order valence-corrected chi connectivity index (χ2v) is 2.78. The first-order valence-electron chi connectivity index (χ1n) is 3.88. The quantitative estimate of drug-likeness (QED) is 0.798. The minimum absolute atomic E-state index is 0.0492. The number of nitrogens with zero attached hydrogens (tertiary/aromatic N) is 1. The zero-order valence-electron chi connectivity index (χ0n) is 7.24. The van der Waals surface area contributed by atoms with E-state index >= 15 is 0 Å². The van der Waals surface area contributed by atoms with E-state index in [0.29, 0.717) is 10.8 Å². The Morgan fingerprint density at radius 3 is 3.14 bits per heavy atom. The van der Waals surface area contributed by atoms with E-state index in [4.69, 9.17) is 16.7 Å². The van der Waals surface area contributed by atoms with Gasteiger partial charge in [-0.1, -0.05) is 11.6 Å². The van der Waals surface area contributed by atoms with Crippen molar-refractivity contribution in [1.82, 2.24) is 4.98 Å². The van der Waals surface area contributed by atoms with Crippen molar-refractivity contribution in [1.29, 1.82) is 0 Å². The fourth-order valence-corrected chi connectivity index (χ4v) is 0.912. The largest absolute Gasteiger partial charge is 0.447 e. The molecule has 0 aromatic carbocycles. The third-order valence-corrected chi connectivity index (χ3v) is 1.51. The SMILES string of the molecule is O=C(Nc1cc(Cl)ccn1)OCCO. The van der Waals surface area contributed by atoms with Gasteiger partial charge in [0.15, 0.2) is 0 Å². The molecule has 0 aliphatic carbocycles. The van der Waals surface area contributed by atoms with Gasteiger partial charge in [-0.05, 0) is 12.1 Å². The predicted octanol–water partition coefficient (Wildman–Crippen LogP) is 1.28. The van der Waals surface area contributed by atoms with Crippen LogP contribution in [0.25, 0.3) is 0 Å². The number of aliphatic hydroxyl groups excluding tert-OH is 1. The maximum absolute atomic E-state index is 11.0. The number of anilines is 1. The highest BCUT2D eigenvalue weighted by Crippen LogP contribution is 2.11. The average Bonchev–Trinajstić information content (AvgIpc) is 2.15. The Morgan fingerprint density at radius 1 is 1.71 bits per heavy atom. The van der Waals surface area contributed by atoms with Crippen molar-refractivity contribution in [2.24, 2.45) is 0 Å². The minimum Gasteiger partial charge on any atom is -0.447 e. The van der Waals surface area contributed by atoms with Crippen LogP contribution in [0.2, 0.25) is 5.02 Å². The Labute approximate surface area is 85.7 Å². The molecule has 0 fully saturated rings. The highest BCUT2D eigenvalue weighted by molar-refractivity contribution is 6.30. The van der Waals surface area contributed by atoms with E-state index in [0.717, 1.165) is 0 Å². The van der Waals surface area contributed by atoms with Crippen molar-refractivity contribution in [3.63, 3.8) is 0 Å². The third-order valence-electron chi connectivity index (χ3n) is 1.28. The molecule has 1 aromatic heterocycles. The number of nitrogens with one attached hydrogen (secondary N) is 1. The first-order chi connectivity index (χ1) is 6.72. The Hall–Kier alpha value is -1.33. The third kappa shape index (κ3) is 3.59. The number of carbonyl (C=O) groups is 1. The lowest BCUT2D eigenvalue weighted by Crippen LogP contribution is -2.16. The van der Waals surface area contributed by atoms with E-state index in [9.17, 15) is 4.79 Å². The van der Waals surface area contributed by atoms with Gasteiger partial charge in [-0.3, -0.25) is 5.32 Å². The van der Waals surface area contributed by atoms with E-state index in [2.05, 4.69) is 15.0 Å². The molecule has 1 rings (SSSR count). The summed E-state index contributed by atoms with van der Waals surface area (Å²) in [6.07, 6.45) is 0.790. The van der Waals surface area contributed by atoms with E-state index in [1.165, 1.54) is 12.3 Å². The van der Waals surface area contributed by atoms with Crippen LogP contribution in [-0.2, 0) is 4.74 Å². The molecule has 1 aromatic rings. The van der Waals surface area contributed by atoms with Gasteiger partial charge >= 0.3 is 6.09 Å². The maximum atomic E-state index is 11.0. The van der Waals surface area contributed by atoms with Gasteiger partial charge in [0.25, 0.3) is 0 Å². The number of hydrogen-bond donors (Lipinski definition) is 2. The monoisotopic (exact) mass is 216 g/mol. The summed E-state index contributed by atoms with van der Waals surface area (Å²) in [5.74, 6) is 0.306. The lowest BCUT2D eigenvalue weighted by Gasteiger charge is -2.04. The molecule has 0 aliphatic heterocycles. The van der Waals surface area contributed by atoms with Gasteiger partial charge < -0.3 is 9.84 Å². The number of pyridine rings is 1. The summed E-state index contributed by atoms with van der Waals surface area (Å²) in [6.45, 7) is -0.261.